The van der Waals surface area contributed by atoms with Crippen molar-refractivity contribution in [2.45, 2.75) is 42.0 Å². The van der Waals surface area contributed by atoms with Gasteiger partial charge in [-0.1, -0.05) is 17.7 Å². The minimum absolute atomic E-state index is 0.0290. The molecule has 0 radical (unpaired) electrons. The number of nitrogens with zero attached hydrogens (tertiary/aromatic N) is 4. The zero-order chi connectivity index (χ0) is 29.2. The maximum atomic E-state index is 13.3. The number of hydrogen-bond acceptors (Lipinski definition) is 10. The van der Waals surface area contributed by atoms with Crippen LogP contribution in [0, 0.1) is 11.8 Å². The Hall–Kier alpha value is -2.60. The van der Waals surface area contributed by atoms with E-state index in [1.807, 2.05) is 0 Å². The highest BCUT2D eigenvalue weighted by atomic mass is 35.5. The molecule has 0 amide bonds. The fourth-order valence-electron chi connectivity index (χ4n) is 4.48. The third-order valence-corrected chi connectivity index (χ3v) is 8.00. The summed E-state index contributed by atoms with van der Waals surface area (Å²) in [6.45, 7) is -0.341. The van der Waals surface area contributed by atoms with Gasteiger partial charge in [0.1, 0.15) is 12.0 Å². The van der Waals surface area contributed by atoms with Gasteiger partial charge in [-0.05, 0) is 54.3 Å². The number of hydrogen-bond donors (Lipinski definition) is 3. The van der Waals surface area contributed by atoms with Crippen LogP contribution < -0.4 is 5.14 Å². The highest BCUT2D eigenvalue weighted by Crippen LogP contribution is 2.40. The number of alkyl halides is 3. The van der Waals surface area contributed by atoms with Gasteiger partial charge >= 0.3 is 15.8 Å². The summed E-state index contributed by atoms with van der Waals surface area (Å²) in [5.41, 5.74) is -3.60. The van der Waals surface area contributed by atoms with Gasteiger partial charge in [-0.15, -0.1) is 0 Å². The number of aromatic nitrogens is 4. The lowest BCUT2D eigenvalue weighted by Crippen LogP contribution is -2.31. The van der Waals surface area contributed by atoms with E-state index in [-0.39, 0.29) is 58.0 Å². The van der Waals surface area contributed by atoms with Crippen molar-refractivity contribution in [3.8, 4) is 0 Å². The Labute approximate surface area is 235 Å². The maximum Gasteiger partial charge on any atom is 0.446 e. The highest BCUT2D eigenvalue weighted by molar-refractivity contribution is 8.00. The normalized spacial score (nSPS) is 21.6. The van der Waals surface area contributed by atoms with E-state index in [1.165, 1.54) is 41.6 Å². The van der Waals surface area contributed by atoms with Gasteiger partial charge in [0, 0.05) is 23.2 Å². The molecule has 1 aliphatic carbocycles. The molecule has 2 aromatic heterocycles. The van der Waals surface area contributed by atoms with E-state index in [1.54, 1.807) is 6.07 Å². The van der Waals surface area contributed by atoms with Gasteiger partial charge in [-0.3, -0.25) is 13.7 Å². The lowest BCUT2D eigenvalue weighted by atomic mass is 9.95. The second-order valence-electron chi connectivity index (χ2n) is 9.14. The summed E-state index contributed by atoms with van der Waals surface area (Å²) in [6.07, 6.45) is 1.76. The molecule has 0 bridgehead atoms. The van der Waals surface area contributed by atoms with Crippen LogP contribution in [0.2, 0.25) is 5.02 Å². The fraction of sp³-hybridized carbons (Fsp3) is 0.391. The molecule has 1 fully saturated rings. The number of aliphatic hydroxyl groups excluding tert-OH is 2. The first-order chi connectivity index (χ1) is 18.7. The van der Waals surface area contributed by atoms with Crippen molar-refractivity contribution in [1.82, 2.24) is 19.7 Å². The molecule has 4 rings (SSSR count). The van der Waals surface area contributed by atoms with E-state index in [4.69, 9.17) is 16.7 Å². The van der Waals surface area contributed by atoms with Gasteiger partial charge in [0.05, 0.1) is 41.6 Å². The monoisotopic (exact) mass is 621 g/mol. The van der Waals surface area contributed by atoms with Crippen LogP contribution in [-0.4, -0.2) is 68.5 Å². The Bertz CT molecular complexity index is 1490. The number of thioether (sulfide) groups is 1. The zero-order valence-electron chi connectivity index (χ0n) is 20.4. The molecular formula is C23H23ClF3N5O6S2. The van der Waals surface area contributed by atoms with Gasteiger partial charge in [0.2, 0.25) is 5.78 Å². The molecule has 40 heavy (non-hydrogen) atoms. The van der Waals surface area contributed by atoms with E-state index in [0.29, 0.717) is 5.56 Å². The number of carbonyl (C=O) groups excluding carboxylic acids is 1. The van der Waals surface area contributed by atoms with Gasteiger partial charge < -0.3 is 10.2 Å². The molecule has 0 aliphatic heterocycles. The predicted molar refractivity (Wildman–Crippen MR) is 137 cm³/mol. The van der Waals surface area contributed by atoms with E-state index in [2.05, 4.69) is 19.2 Å². The molecule has 0 saturated heterocycles. The fourth-order valence-corrected chi connectivity index (χ4v) is 5.70. The standard InChI is InChI=1S/C23H23ClF3N5O6S2/c24-16-2-1-12(5-19(16)39-23(25,26)27)9-32-4-3-17(31-32)22(35)15-8-29-11-30-18(15)7-13-6-14(21(34)20(13)33)10-38-40(28,36)37/h1-5,8,11,13-14,20-21,33-34H,6-7,9-10H2,(H2,28,36,37)/t13-,14+,20-,21+/m0/s1. The maximum absolute atomic E-state index is 13.3. The van der Waals surface area contributed by atoms with Crippen LogP contribution in [-0.2, 0) is 27.5 Å². The minimum atomic E-state index is -4.50. The van der Waals surface area contributed by atoms with E-state index in [0.717, 1.165) is 0 Å². The molecule has 0 unspecified atom stereocenters. The molecule has 216 valence electrons. The number of ketones is 1. The summed E-state index contributed by atoms with van der Waals surface area (Å²) < 4.78 is 66.6. The smallest absolute Gasteiger partial charge is 0.390 e. The third-order valence-electron chi connectivity index (χ3n) is 6.30. The largest absolute Gasteiger partial charge is 0.446 e. The SMILES string of the molecule is NS(=O)(=O)OC[C@H]1C[C@@H](Cc2ncncc2C(=O)c2ccn(Cc3ccc(Cl)c(SC(F)(F)F)c3)n2)[C@H](O)[C@@H]1O. The van der Waals surface area contributed by atoms with Gasteiger partial charge in [-0.25, -0.2) is 15.1 Å². The topological polar surface area (TPSA) is 171 Å². The van der Waals surface area contributed by atoms with Crippen LogP contribution in [0.15, 0.2) is 47.9 Å². The van der Waals surface area contributed by atoms with Crippen LogP contribution in [0.4, 0.5) is 13.2 Å². The first kappa shape index (κ1) is 30.4. The second kappa shape index (κ2) is 12.1. The molecular weight excluding hydrogens is 599 g/mol. The molecule has 1 aliphatic rings. The molecule has 3 aromatic rings. The Morgan fingerprint density at radius 2 is 1.95 bits per heavy atom. The molecule has 17 heteroatoms. The van der Waals surface area contributed by atoms with Crippen molar-refractivity contribution < 1.29 is 40.8 Å². The number of carbonyl (C=O) groups is 1. The number of benzene rings is 1. The zero-order valence-corrected chi connectivity index (χ0v) is 22.8. The van der Waals surface area contributed by atoms with Crippen molar-refractivity contribution in [2.24, 2.45) is 17.0 Å². The quantitative estimate of drug-likeness (QED) is 0.225. The Morgan fingerprint density at radius 1 is 1.23 bits per heavy atom. The molecule has 0 spiro atoms. The average molecular weight is 622 g/mol. The summed E-state index contributed by atoms with van der Waals surface area (Å²) in [5.74, 6) is -1.81. The van der Waals surface area contributed by atoms with E-state index < -0.39 is 52.2 Å². The summed E-state index contributed by atoms with van der Waals surface area (Å²) in [6, 6.07) is 5.65. The second-order valence-corrected chi connectivity index (χ2v) is 11.9. The summed E-state index contributed by atoms with van der Waals surface area (Å²) in [5, 5.41) is 29.9. The lowest BCUT2D eigenvalue weighted by molar-refractivity contribution is -0.0328. The first-order valence-corrected chi connectivity index (χ1v) is 14.3. The summed E-state index contributed by atoms with van der Waals surface area (Å²) in [4.78, 5) is 21.2. The van der Waals surface area contributed by atoms with Crippen LogP contribution in [0.3, 0.4) is 0 Å². The molecule has 4 N–H and O–H groups in total. The number of halogens is 4. The van der Waals surface area contributed by atoms with Crippen molar-refractivity contribution in [3.63, 3.8) is 0 Å². The lowest BCUT2D eigenvalue weighted by Gasteiger charge is -2.17. The van der Waals surface area contributed by atoms with Gasteiger partial charge in [0.15, 0.2) is 0 Å². The molecule has 2 heterocycles. The Kier molecular flexibility index (Phi) is 9.18. The highest BCUT2D eigenvalue weighted by Gasteiger charge is 2.42. The number of nitrogens with two attached hydrogens (primary N) is 1. The van der Waals surface area contributed by atoms with Crippen LogP contribution in [0.25, 0.3) is 0 Å². The summed E-state index contributed by atoms with van der Waals surface area (Å²) >= 11 is 5.56. The number of rotatable bonds is 10. The molecule has 4 atom stereocenters. The van der Waals surface area contributed by atoms with Crippen molar-refractivity contribution in [2.75, 3.05) is 6.61 Å². The predicted octanol–water partition coefficient (Wildman–Crippen LogP) is 2.34. The molecule has 1 aromatic carbocycles. The van der Waals surface area contributed by atoms with Gasteiger partial charge in [0.25, 0.3) is 0 Å². The molecule has 11 nitrogen and oxygen atoms in total. The Morgan fingerprint density at radius 3 is 2.65 bits per heavy atom. The van der Waals surface area contributed by atoms with Crippen LogP contribution in [0.5, 0.6) is 0 Å². The summed E-state index contributed by atoms with van der Waals surface area (Å²) in [7, 11) is -4.23. The first-order valence-electron chi connectivity index (χ1n) is 11.6. The molecule has 1 saturated carbocycles. The van der Waals surface area contributed by atoms with Crippen molar-refractivity contribution in [3.05, 3.63) is 70.5 Å². The van der Waals surface area contributed by atoms with Gasteiger partial charge in [-0.2, -0.15) is 26.7 Å². The van der Waals surface area contributed by atoms with Crippen molar-refractivity contribution in [1.29, 1.82) is 0 Å². The van der Waals surface area contributed by atoms with E-state index >= 15 is 0 Å². The van der Waals surface area contributed by atoms with Crippen molar-refractivity contribution >= 4 is 39.5 Å². The van der Waals surface area contributed by atoms with Crippen LogP contribution in [0.1, 0.15) is 33.7 Å². The average Bonchev–Trinajstić information content (AvgIpc) is 3.43. The van der Waals surface area contributed by atoms with E-state index in [9.17, 15) is 36.6 Å². The minimum Gasteiger partial charge on any atom is -0.390 e. The Balaban J connectivity index is 1.47. The number of aliphatic hydroxyl groups is 2. The third kappa shape index (κ3) is 7.78. The van der Waals surface area contributed by atoms with Crippen LogP contribution >= 0.6 is 23.4 Å².